The van der Waals surface area contributed by atoms with Crippen LogP contribution < -0.4 is 11.1 Å². The highest BCUT2D eigenvalue weighted by atomic mass is 16.5. The molecular formula is C18H36N4O8. The first-order valence-electron chi connectivity index (χ1n) is 9.41. The number of hydrogen-bond acceptors (Lipinski definition) is 9. The number of hydrogen-bond donors (Lipinski definition) is 5. The predicted octanol–water partition coefficient (Wildman–Crippen LogP) is -3.24. The molecular weight excluding hydrogens is 400 g/mol. The summed E-state index contributed by atoms with van der Waals surface area (Å²) in [5.41, 5.74) is 4.78. The van der Waals surface area contributed by atoms with E-state index in [0.717, 1.165) is 7.11 Å². The summed E-state index contributed by atoms with van der Waals surface area (Å²) >= 11 is 0. The minimum atomic E-state index is -0.289. The number of ether oxygens (including phenoxy) is 1. The van der Waals surface area contributed by atoms with E-state index >= 15 is 0 Å². The number of rotatable bonds is 5. The van der Waals surface area contributed by atoms with Crippen molar-refractivity contribution in [3.8, 4) is 0 Å². The Balaban J connectivity index is 0. The van der Waals surface area contributed by atoms with Crippen LogP contribution in [0.25, 0.3) is 0 Å². The van der Waals surface area contributed by atoms with E-state index in [0.29, 0.717) is 26.1 Å². The number of carbonyl (C=O) groups excluding carboxylic acids is 4. The highest BCUT2D eigenvalue weighted by Crippen LogP contribution is 2.16. The van der Waals surface area contributed by atoms with E-state index in [9.17, 15) is 19.2 Å². The van der Waals surface area contributed by atoms with Gasteiger partial charge in [-0.2, -0.15) is 0 Å². The molecule has 0 aromatic rings. The quantitative estimate of drug-likeness (QED) is 0.276. The Morgan fingerprint density at radius 2 is 1.47 bits per heavy atom. The second-order valence-electron chi connectivity index (χ2n) is 6.40. The Labute approximate surface area is 177 Å². The smallest absolute Gasteiger partial charge is 0.310 e. The van der Waals surface area contributed by atoms with Gasteiger partial charge in [0.05, 0.1) is 32.2 Å². The molecule has 0 saturated carbocycles. The maximum atomic E-state index is 11.3. The molecule has 176 valence electrons. The first-order chi connectivity index (χ1) is 14.2. The van der Waals surface area contributed by atoms with Crippen molar-refractivity contribution in [2.24, 2.45) is 17.6 Å². The average molecular weight is 437 g/mol. The second-order valence-corrected chi connectivity index (χ2v) is 6.40. The molecule has 0 radical (unpaired) electrons. The van der Waals surface area contributed by atoms with E-state index in [1.165, 1.54) is 7.11 Å². The number of carbonyl (C=O) groups is 4. The van der Waals surface area contributed by atoms with Crippen molar-refractivity contribution in [3.05, 3.63) is 0 Å². The minimum absolute atomic E-state index is 0.00384. The van der Waals surface area contributed by atoms with Crippen LogP contribution in [0.1, 0.15) is 12.8 Å². The number of nitrogens with zero attached hydrogens (tertiary/aromatic N) is 2. The van der Waals surface area contributed by atoms with E-state index in [-0.39, 0.29) is 61.7 Å². The van der Waals surface area contributed by atoms with Gasteiger partial charge in [0.1, 0.15) is 0 Å². The summed E-state index contributed by atoms with van der Waals surface area (Å²) in [7, 11) is 5.71. The van der Waals surface area contributed by atoms with E-state index < -0.39 is 0 Å². The van der Waals surface area contributed by atoms with Gasteiger partial charge in [-0.1, -0.05) is 0 Å². The topological polar surface area (TPSA) is 183 Å². The van der Waals surface area contributed by atoms with Crippen LogP contribution in [0.5, 0.6) is 0 Å². The Kier molecular flexibility index (Phi) is 17.5. The zero-order valence-corrected chi connectivity index (χ0v) is 18.2. The van der Waals surface area contributed by atoms with Gasteiger partial charge in [0, 0.05) is 60.2 Å². The van der Waals surface area contributed by atoms with Crippen molar-refractivity contribution in [1.29, 1.82) is 0 Å². The van der Waals surface area contributed by atoms with E-state index in [1.807, 2.05) is 0 Å². The van der Waals surface area contributed by atoms with Crippen LogP contribution in [-0.4, -0.2) is 117 Å². The first-order valence-corrected chi connectivity index (χ1v) is 9.41. The van der Waals surface area contributed by atoms with Crippen molar-refractivity contribution >= 4 is 23.7 Å². The van der Waals surface area contributed by atoms with Crippen LogP contribution in [0.3, 0.4) is 0 Å². The lowest BCUT2D eigenvalue weighted by Gasteiger charge is -2.09. The van der Waals surface area contributed by atoms with Gasteiger partial charge in [-0.15, -0.1) is 0 Å². The van der Waals surface area contributed by atoms with Crippen molar-refractivity contribution in [1.82, 2.24) is 15.1 Å². The largest absolute Gasteiger partial charge is 0.469 e. The normalized spacial score (nSPS) is 19.6. The van der Waals surface area contributed by atoms with E-state index in [2.05, 4.69) is 10.1 Å². The number of nitrogens with two attached hydrogens (primary N) is 1. The summed E-state index contributed by atoms with van der Waals surface area (Å²) in [6.07, 6.45) is 0.580. The summed E-state index contributed by atoms with van der Waals surface area (Å²) in [6.45, 7) is 1.64. The third kappa shape index (κ3) is 11.7. The number of aliphatic hydroxyl groups excluding tert-OH is 3. The summed E-state index contributed by atoms with van der Waals surface area (Å²) < 4.78 is 4.51. The fraction of sp³-hybridized carbons (Fsp3) is 0.778. The number of aliphatic hydroxyl groups is 3. The van der Waals surface area contributed by atoms with Crippen LogP contribution in [0.15, 0.2) is 0 Å². The fourth-order valence-electron chi connectivity index (χ4n) is 2.55. The minimum Gasteiger partial charge on any atom is -0.469 e. The van der Waals surface area contributed by atoms with Crippen LogP contribution in [0.4, 0.5) is 0 Å². The van der Waals surface area contributed by atoms with Gasteiger partial charge in [-0.3, -0.25) is 19.2 Å². The standard InChI is InChI=1S/C8H14N2O3.C7H11NO3.C2H7NO.CH4O/c1-10-5-6(4-7(10)12)8(13)9-2-3-11;1-8-4-5(3-6(8)9)7(10)11-2;3-1-2-4;1-2/h6,11H,2-5H2,1H3,(H,9,13);5H,3-4H2,1-2H3;4H,1-3H2;2H,1H3. The Bertz CT molecular complexity index is 530. The van der Waals surface area contributed by atoms with Crippen LogP contribution in [0, 0.1) is 11.8 Å². The summed E-state index contributed by atoms with van der Waals surface area (Å²) in [5.74, 6) is -0.916. The monoisotopic (exact) mass is 436 g/mol. The van der Waals surface area contributed by atoms with Crippen molar-refractivity contribution in [2.75, 3.05) is 67.7 Å². The molecule has 2 aliphatic heterocycles. The number of likely N-dealkylation sites (tertiary alicyclic amines) is 2. The lowest BCUT2D eigenvalue weighted by atomic mass is 10.1. The van der Waals surface area contributed by atoms with Crippen molar-refractivity contribution in [3.63, 3.8) is 0 Å². The van der Waals surface area contributed by atoms with Crippen LogP contribution in [0.2, 0.25) is 0 Å². The zero-order valence-electron chi connectivity index (χ0n) is 18.2. The van der Waals surface area contributed by atoms with Crippen molar-refractivity contribution in [2.45, 2.75) is 12.8 Å². The van der Waals surface area contributed by atoms with E-state index in [1.54, 1.807) is 23.9 Å². The first kappa shape index (κ1) is 29.9. The Hall–Kier alpha value is -2.28. The third-order valence-corrected chi connectivity index (χ3v) is 4.13. The molecule has 2 rings (SSSR count). The van der Waals surface area contributed by atoms with Gasteiger partial charge in [0.15, 0.2) is 0 Å². The fourth-order valence-corrected chi connectivity index (χ4v) is 2.55. The molecule has 2 aliphatic rings. The number of amides is 3. The molecule has 0 bridgehead atoms. The van der Waals surface area contributed by atoms with Gasteiger partial charge in [-0.05, 0) is 0 Å². The molecule has 0 aliphatic carbocycles. The number of esters is 1. The highest BCUT2D eigenvalue weighted by molar-refractivity contribution is 5.89. The molecule has 2 atom stereocenters. The van der Waals surface area contributed by atoms with Crippen molar-refractivity contribution < 1.29 is 39.2 Å². The third-order valence-electron chi connectivity index (χ3n) is 4.13. The van der Waals surface area contributed by atoms with Gasteiger partial charge >= 0.3 is 5.97 Å². The summed E-state index contributed by atoms with van der Waals surface area (Å²) in [4.78, 5) is 47.3. The van der Waals surface area contributed by atoms with Gasteiger partial charge in [-0.25, -0.2) is 0 Å². The van der Waals surface area contributed by atoms with Crippen LogP contribution >= 0.6 is 0 Å². The molecule has 0 spiro atoms. The molecule has 2 saturated heterocycles. The SMILES string of the molecule is CN1CC(C(=O)NCCO)CC1=O.CO.COC(=O)C1CC(=O)N(C)C1.NCCO. The van der Waals surface area contributed by atoms with Gasteiger partial charge in [0.2, 0.25) is 17.7 Å². The molecule has 2 heterocycles. The Morgan fingerprint density at radius 1 is 1.03 bits per heavy atom. The molecule has 2 unspecified atom stereocenters. The Morgan fingerprint density at radius 3 is 1.77 bits per heavy atom. The maximum absolute atomic E-state index is 11.3. The molecule has 3 amide bonds. The predicted molar refractivity (Wildman–Crippen MR) is 108 cm³/mol. The summed E-state index contributed by atoms with van der Waals surface area (Å²) in [5, 5.41) is 25.8. The van der Waals surface area contributed by atoms with Crippen LogP contribution in [-0.2, 0) is 23.9 Å². The number of nitrogens with one attached hydrogen (secondary N) is 1. The molecule has 30 heavy (non-hydrogen) atoms. The molecule has 12 heteroatoms. The summed E-state index contributed by atoms with van der Waals surface area (Å²) in [6, 6.07) is 0. The maximum Gasteiger partial charge on any atom is 0.310 e. The lowest BCUT2D eigenvalue weighted by molar-refractivity contribution is -0.145. The number of methoxy groups -OCH3 is 1. The molecule has 0 aromatic carbocycles. The molecule has 2 fully saturated rings. The molecule has 0 aromatic heterocycles. The zero-order chi connectivity index (χ0) is 23.7. The van der Waals surface area contributed by atoms with Gasteiger partial charge < -0.3 is 40.9 Å². The molecule has 6 N–H and O–H groups in total. The second kappa shape index (κ2) is 17.6. The van der Waals surface area contributed by atoms with E-state index in [4.69, 9.17) is 21.1 Å². The average Bonchev–Trinajstić information content (AvgIpc) is 3.28. The van der Waals surface area contributed by atoms with Gasteiger partial charge in [0.25, 0.3) is 0 Å². The lowest BCUT2D eigenvalue weighted by Crippen LogP contribution is -2.33. The molecule has 12 nitrogen and oxygen atoms in total. The highest BCUT2D eigenvalue weighted by Gasteiger charge is 2.33.